The highest BCUT2D eigenvalue weighted by molar-refractivity contribution is 7.20. The Kier molecular flexibility index (Phi) is 4.61. The predicted octanol–water partition coefficient (Wildman–Crippen LogP) is 2.99. The number of amides is 1. The lowest BCUT2D eigenvalue weighted by molar-refractivity contribution is -0.137. The average molecular weight is 343 g/mol. The van der Waals surface area contributed by atoms with Crippen molar-refractivity contribution in [2.75, 3.05) is 6.54 Å². The number of fused-ring (bicyclic) bond motifs is 1. The van der Waals surface area contributed by atoms with Crippen molar-refractivity contribution in [3.05, 3.63) is 47.0 Å². The first-order chi connectivity index (χ1) is 11.6. The molecule has 124 valence electrons. The van der Waals surface area contributed by atoms with Gasteiger partial charge in [-0.25, -0.2) is 4.68 Å². The zero-order chi connectivity index (χ0) is 17.1. The molecule has 24 heavy (non-hydrogen) atoms. The second-order valence-electron chi connectivity index (χ2n) is 5.42. The number of thiophene rings is 1. The molecule has 3 rings (SSSR count). The van der Waals surface area contributed by atoms with Crippen molar-refractivity contribution in [2.24, 2.45) is 0 Å². The molecule has 0 aliphatic heterocycles. The van der Waals surface area contributed by atoms with E-state index in [1.807, 2.05) is 48.0 Å². The number of aryl methyl sites for hydroxylation is 1. The number of hydrogen-bond donors (Lipinski definition) is 2. The third kappa shape index (κ3) is 3.30. The number of aromatic nitrogens is 2. The number of aliphatic carboxylic acids is 1. The van der Waals surface area contributed by atoms with Gasteiger partial charge in [-0.3, -0.25) is 9.59 Å². The molecule has 0 spiro atoms. The summed E-state index contributed by atoms with van der Waals surface area (Å²) in [5.74, 6) is -1.04. The minimum atomic E-state index is -0.857. The summed E-state index contributed by atoms with van der Waals surface area (Å²) in [6.45, 7) is 2.27. The van der Waals surface area contributed by atoms with Crippen molar-refractivity contribution in [1.29, 1.82) is 0 Å². The molecular weight excluding hydrogens is 326 g/mol. The van der Waals surface area contributed by atoms with E-state index in [9.17, 15) is 9.59 Å². The highest BCUT2D eigenvalue weighted by atomic mass is 32.1. The SMILES string of the molecule is Cc1nn(-c2ccccc2)c2sc(C(=O)NCCCC(=O)O)cc12. The van der Waals surface area contributed by atoms with Gasteiger partial charge in [0.2, 0.25) is 0 Å². The van der Waals surface area contributed by atoms with Gasteiger partial charge in [0.05, 0.1) is 16.3 Å². The Hall–Kier alpha value is -2.67. The summed E-state index contributed by atoms with van der Waals surface area (Å²) in [6.07, 6.45) is 0.470. The Bertz CT molecular complexity index is 883. The Morgan fingerprint density at radius 2 is 2.04 bits per heavy atom. The predicted molar refractivity (Wildman–Crippen MR) is 92.9 cm³/mol. The molecule has 1 aromatic carbocycles. The van der Waals surface area contributed by atoms with Gasteiger partial charge >= 0.3 is 5.97 Å². The summed E-state index contributed by atoms with van der Waals surface area (Å²) >= 11 is 1.38. The van der Waals surface area contributed by atoms with Crippen LogP contribution >= 0.6 is 11.3 Å². The molecule has 0 saturated heterocycles. The van der Waals surface area contributed by atoms with Gasteiger partial charge in [0, 0.05) is 18.4 Å². The standard InChI is InChI=1S/C17H17N3O3S/c1-11-13-10-14(16(23)18-9-5-8-15(21)22)24-17(13)20(19-11)12-6-3-2-4-7-12/h2-4,6-7,10H,5,8-9H2,1H3,(H,18,23)(H,21,22). The van der Waals surface area contributed by atoms with Crippen LogP contribution in [-0.4, -0.2) is 33.3 Å². The van der Waals surface area contributed by atoms with Crippen LogP contribution in [-0.2, 0) is 4.79 Å². The fourth-order valence-corrected chi connectivity index (χ4v) is 3.53. The van der Waals surface area contributed by atoms with Crippen LogP contribution in [0.15, 0.2) is 36.4 Å². The topological polar surface area (TPSA) is 84.2 Å². The summed E-state index contributed by atoms with van der Waals surface area (Å²) in [6, 6.07) is 11.6. The Morgan fingerprint density at radius 3 is 2.75 bits per heavy atom. The number of carboxylic acid groups (broad SMARTS) is 1. The largest absolute Gasteiger partial charge is 0.481 e. The molecule has 0 aliphatic rings. The van der Waals surface area contributed by atoms with E-state index in [0.717, 1.165) is 21.6 Å². The van der Waals surface area contributed by atoms with Gasteiger partial charge in [-0.2, -0.15) is 5.10 Å². The minimum Gasteiger partial charge on any atom is -0.481 e. The van der Waals surface area contributed by atoms with Gasteiger partial charge in [0.25, 0.3) is 5.91 Å². The van der Waals surface area contributed by atoms with Crippen LogP contribution in [0.3, 0.4) is 0 Å². The first kappa shape index (κ1) is 16.2. The second-order valence-corrected chi connectivity index (χ2v) is 6.45. The molecule has 0 atom stereocenters. The van der Waals surface area contributed by atoms with Crippen molar-refractivity contribution >= 4 is 33.4 Å². The Balaban J connectivity index is 1.81. The van der Waals surface area contributed by atoms with Gasteiger partial charge in [-0.15, -0.1) is 11.3 Å². The van der Waals surface area contributed by atoms with Gasteiger partial charge in [-0.1, -0.05) is 18.2 Å². The zero-order valence-corrected chi connectivity index (χ0v) is 14.0. The number of nitrogens with zero attached hydrogens (tertiary/aromatic N) is 2. The maximum atomic E-state index is 12.2. The van der Waals surface area contributed by atoms with Crippen molar-refractivity contribution < 1.29 is 14.7 Å². The summed E-state index contributed by atoms with van der Waals surface area (Å²) in [5, 5.41) is 16.9. The van der Waals surface area contributed by atoms with Crippen LogP contribution in [0.2, 0.25) is 0 Å². The third-order valence-electron chi connectivity index (χ3n) is 3.62. The van der Waals surface area contributed by atoms with Crippen LogP contribution in [0.5, 0.6) is 0 Å². The molecule has 1 amide bonds. The zero-order valence-electron chi connectivity index (χ0n) is 13.2. The first-order valence-electron chi connectivity index (χ1n) is 7.61. The first-order valence-corrected chi connectivity index (χ1v) is 8.42. The van der Waals surface area contributed by atoms with E-state index in [4.69, 9.17) is 5.11 Å². The number of hydrogen-bond acceptors (Lipinski definition) is 4. The van der Waals surface area contributed by atoms with Crippen LogP contribution in [0, 0.1) is 6.92 Å². The van der Waals surface area contributed by atoms with Crippen LogP contribution in [0.4, 0.5) is 0 Å². The number of rotatable bonds is 6. The van der Waals surface area contributed by atoms with Gasteiger partial charge in [0.1, 0.15) is 4.83 Å². The normalized spacial score (nSPS) is 10.9. The molecule has 0 saturated carbocycles. The molecule has 0 aliphatic carbocycles. The molecular formula is C17H17N3O3S. The fourth-order valence-electron chi connectivity index (χ4n) is 2.43. The Morgan fingerprint density at radius 1 is 1.29 bits per heavy atom. The molecule has 0 radical (unpaired) electrons. The maximum absolute atomic E-state index is 12.2. The molecule has 2 heterocycles. The molecule has 0 unspecified atom stereocenters. The van der Waals surface area contributed by atoms with E-state index in [1.54, 1.807) is 0 Å². The lowest BCUT2D eigenvalue weighted by Gasteiger charge is -2.02. The molecule has 7 heteroatoms. The highest BCUT2D eigenvalue weighted by Gasteiger charge is 2.16. The third-order valence-corrected chi connectivity index (χ3v) is 4.73. The van der Waals surface area contributed by atoms with Crippen molar-refractivity contribution in [1.82, 2.24) is 15.1 Å². The molecule has 2 N–H and O–H groups in total. The molecule has 6 nitrogen and oxygen atoms in total. The molecule has 0 bridgehead atoms. The number of carboxylic acids is 1. The summed E-state index contributed by atoms with van der Waals surface area (Å²) < 4.78 is 1.84. The quantitative estimate of drug-likeness (QED) is 0.674. The van der Waals surface area contributed by atoms with Gasteiger partial charge in [-0.05, 0) is 31.5 Å². The van der Waals surface area contributed by atoms with E-state index in [-0.39, 0.29) is 12.3 Å². The average Bonchev–Trinajstić information content (AvgIpc) is 3.13. The van der Waals surface area contributed by atoms with E-state index in [2.05, 4.69) is 10.4 Å². The second kappa shape index (κ2) is 6.84. The van der Waals surface area contributed by atoms with Gasteiger partial charge < -0.3 is 10.4 Å². The fraction of sp³-hybridized carbons (Fsp3) is 0.235. The summed E-state index contributed by atoms with van der Waals surface area (Å²) in [7, 11) is 0. The van der Waals surface area contributed by atoms with Crippen LogP contribution < -0.4 is 5.32 Å². The van der Waals surface area contributed by atoms with Crippen LogP contribution in [0.25, 0.3) is 15.9 Å². The number of para-hydroxylation sites is 1. The lowest BCUT2D eigenvalue weighted by Crippen LogP contribution is -2.24. The molecule has 3 aromatic rings. The number of carbonyl (C=O) groups excluding carboxylic acids is 1. The van der Waals surface area contributed by atoms with Gasteiger partial charge in [0.15, 0.2) is 0 Å². The maximum Gasteiger partial charge on any atom is 0.303 e. The summed E-state index contributed by atoms with van der Waals surface area (Å²) in [5.41, 5.74) is 1.82. The van der Waals surface area contributed by atoms with Crippen molar-refractivity contribution in [2.45, 2.75) is 19.8 Å². The number of benzene rings is 1. The highest BCUT2D eigenvalue weighted by Crippen LogP contribution is 2.30. The van der Waals surface area contributed by atoms with E-state index in [0.29, 0.717) is 17.8 Å². The van der Waals surface area contributed by atoms with Crippen LogP contribution in [0.1, 0.15) is 28.2 Å². The van der Waals surface area contributed by atoms with Crippen molar-refractivity contribution in [3.8, 4) is 5.69 Å². The summed E-state index contributed by atoms with van der Waals surface area (Å²) in [4.78, 5) is 24.3. The molecule has 2 aromatic heterocycles. The van der Waals surface area contributed by atoms with E-state index < -0.39 is 5.97 Å². The lowest BCUT2D eigenvalue weighted by atomic mass is 10.3. The van der Waals surface area contributed by atoms with E-state index >= 15 is 0 Å². The van der Waals surface area contributed by atoms with E-state index in [1.165, 1.54) is 11.3 Å². The van der Waals surface area contributed by atoms with Crippen molar-refractivity contribution in [3.63, 3.8) is 0 Å². The molecule has 0 fully saturated rings. The number of carbonyl (C=O) groups is 2. The minimum absolute atomic E-state index is 0.0504. The monoisotopic (exact) mass is 343 g/mol. The number of nitrogens with one attached hydrogen (secondary N) is 1. The Labute approximate surface area is 142 Å². The smallest absolute Gasteiger partial charge is 0.303 e.